The Morgan fingerprint density at radius 3 is 2.66 bits per heavy atom. The zero-order valence-electron chi connectivity index (χ0n) is 17.2. The van der Waals surface area contributed by atoms with Gasteiger partial charge in [0, 0.05) is 10.9 Å². The van der Waals surface area contributed by atoms with E-state index in [4.69, 9.17) is 21.4 Å². The topological polar surface area (TPSA) is 101 Å². The molecular weight excluding hydrogens is 453 g/mol. The number of aliphatic hydroxyl groups is 2. The molecule has 1 aliphatic heterocycles. The highest BCUT2D eigenvalue weighted by molar-refractivity contribution is 6.31. The summed E-state index contributed by atoms with van der Waals surface area (Å²) in [5.41, 5.74) is 0.377. The van der Waals surface area contributed by atoms with Gasteiger partial charge in [0.25, 0.3) is 5.91 Å². The number of carbonyl (C=O) groups excluding carboxylic acids is 1. The number of carbonyl (C=O) groups is 1. The summed E-state index contributed by atoms with van der Waals surface area (Å²) in [6.07, 6.45) is -5.20. The molecule has 0 radical (unpaired) electrons. The molecule has 0 spiro atoms. The number of benzene rings is 1. The Balaban J connectivity index is 1.80. The molecule has 3 atom stereocenters. The lowest BCUT2D eigenvalue weighted by molar-refractivity contribution is -0.274. The minimum atomic E-state index is -4.84. The average molecular weight is 475 g/mol. The van der Waals surface area contributed by atoms with Crippen molar-refractivity contribution < 1.29 is 37.7 Å². The van der Waals surface area contributed by atoms with Gasteiger partial charge in [-0.2, -0.15) is 0 Å². The molecule has 2 heterocycles. The van der Waals surface area contributed by atoms with Crippen molar-refractivity contribution in [2.75, 3.05) is 11.9 Å². The lowest BCUT2D eigenvalue weighted by Gasteiger charge is -2.20. The van der Waals surface area contributed by atoms with Gasteiger partial charge >= 0.3 is 6.36 Å². The van der Waals surface area contributed by atoms with Gasteiger partial charge in [0.05, 0.1) is 29.8 Å². The van der Waals surface area contributed by atoms with Crippen molar-refractivity contribution in [3.8, 4) is 5.75 Å². The molecule has 0 bridgehead atoms. The largest absolute Gasteiger partial charge is 0.573 e. The first-order valence-electron chi connectivity index (χ1n) is 9.67. The number of hydrogen-bond donors (Lipinski definition) is 3. The summed E-state index contributed by atoms with van der Waals surface area (Å²) in [6, 6.07) is 6.57. The second-order valence-corrected chi connectivity index (χ2v) is 8.41. The maximum Gasteiger partial charge on any atom is 0.573 e. The van der Waals surface area contributed by atoms with Gasteiger partial charge in [0.2, 0.25) is 0 Å². The molecule has 3 rings (SSSR count). The van der Waals surface area contributed by atoms with Crippen molar-refractivity contribution in [2.24, 2.45) is 0 Å². The lowest BCUT2D eigenvalue weighted by Crippen LogP contribution is -2.33. The van der Waals surface area contributed by atoms with Crippen LogP contribution >= 0.6 is 11.6 Å². The molecule has 174 valence electrons. The van der Waals surface area contributed by atoms with E-state index in [-0.39, 0.29) is 10.7 Å². The van der Waals surface area contributed by atoms with Crippen LogP contribution in [0.2, 0.25) is 5.02 Å². The van der Waals surface area contributed by atoms with Crippen molar-refractivity contribution in [1.29, 1.82) is 0 Å². The molecule has 1 aromatic carbocycles. The molecule has 0 unspecified atom stereocenters. The van der Waals surface area contributed by atoms with Crippen LogP contribution in [0.3, 0.4) is 0 Å². The van der Waals surface area contributed by atoms with Gasteiger partial charge in [-0.1, -0.05) is 17.7 Å². The molecule has 1 amide bonds. The van der Waals surface area contributed by atoms with E-state index >= 15 is 0 Å². The number of ether oxygens (including phenoxy) is 2. The Hall–Kier alpha value is -2.40. The quantitative estimate of drug-likeness (QED) is 0.586. The van der Waals surface area contributed by atoms with Gasteiger partial charge in [-0.15, -0.1) is 13.2 Å². The summed E-state index contributed by atoms with van der Waals surface area (Å²) in [7, 11) is 0. The third-order valence-corrected chi connectivity index (χ3v) is 5.28. The highest BCUT2D eigenvalue weighted by Gasteiger charge is 2.45. The van der Waals surface area contributed by atoms with E-state index in [1.165, 1.54) is 24.4 Å². The molecule has 1 saturated heterocycles. The van der Waals surface area contributed by atoms with E-state index in [9.17, 15) is 23.1 Å². The number of pyridine rings is 1. The number of halogens is 4. The van der Waals surface area contributed by atoms with Crippen molar-refractivity contribution in [3.63, 3.8) is 0 Å². The van der Waals surface area contributed by atoms with Gasteiger partial charge in [-0.05, 0) is 50.1 Å². The minimum absolute atomic E-state index is 0.0276. The maximum atomic E-state index is 13.0. The normalized spacial score (nSPS) is 21.2. The second kappa shape index (κ2) is 9.22. The number of hydrogen-bond acceptors (Lipinski definition) is 6. The molecule has 1 aromatic heterocycles. The van der Waals surface area contributed by atoms with Crippen LogP contribution in [-0.2, 0) is 9.53 Å². The van der Waals surface area contributed by atoms with E-state index in [0.717, 1.165) is 12.1 Å². The molecule has 2 aromatic rings. The van der Waals surface area contributed by atoms with Crippen LogP contribution in [0.25, 0.3) is 0 Å². The van der Waals surface area contributed by atoms with Crippen LogP contribution in [0.4, 0.5) is 18.9 Å². The molecule has 3 N–H and O–H groups in total. The number of nitrogens with zero attached hydrogens (tertiary/aromatic N) is 1. The second-order valence-electron chi connectivity index (χ2n) is 8.00. The van der Waals surface area contributed by atoms with Gasteiger partial charge in [0.15, 0.2) is 0 Å². The summed E-state index contributed by atoms with van der Waals surface area (Å²) in [6.45, 7) is 3.11. The van der Waals surface area contributed by atoms with Crippen molar-refractivity contribution >= 4 is 23.2 Å². The zero-order valence-corrected chi connectivity index (χ0v) is 17.9. The fourth-order valence-electron chi connectivity index (χ4n) is 3.61. The Labute approximate surface area is 187 Å². The molecule has 1 aliphatic rings. The van der Waals surface area contributed by atoms with Crippen LogP contribution in [0.5, 0.6) is 5.75 Å². The van der Waals surface area contributed by atoms with E-state index < -0.39 is 48.4 Å². The first-order chi connectivity index (χ1) is 14.9. The molecule has 11 heteroatoms. The third kappa shape index (κ3) is 5.89. The Kier molecular flexibility index (Phi) is 6.99. The van der Waals surface area contributed by atoms with E-state index in [1.807, 2.05) is 0 Å². The summed E-state index contributed by atoms with van der Waals surface area (Å²) in [5, 5.41) is 21.3. The number of amides is 1. The number of aromatic nitrogens is 1. The number of aliphatic hydroxyl groups excluding tert-OH is 2. The Bertz CT molecular complexity index is 969. The lowest BCUT2D eigenvalue weighted by atomic mass is 9.87. The molecule has 0 aliphatic carbocycles. The summed E-state index contributed by atoms with van der Waals surface area (Å²) in [4.78, 5) is 17.0. The fourth-order valence-corrected chi connectivity index (χ4v) is 3.92. The van der Waals surface area contributed by atoms with Gasteiger partial charge in [-0.3, -0.25) is 9.78 Å². The number of anilines is 1. The Morgan fingerprint density at radius 2 is 2.09 bits per heavy atom. The summed E-state index contributed by atoms with van der Waals surface area (Å²) < 4.78 is 47.2. The zero-order chi connectivity index (χ0) is 23.7. The number of nitrogens with one attached hydrogen (secondary N) is 1. The van der Waals surface area contributed by atoms with Gasteiger partial charge in [-0.25, -0.2) is 0 Å². The summed E-state index contributed by atoms with van der Waals surface area (Å²) in [5.74, 6) is -1.45. The highest BCUT2D eigenvalue weighted by atomic mass is 35.5. The van der Waals surface area contributed by atoms with Crippen LogP contribution in [0.1, 0.15) is 43.5 Å². The van der Waals surface area contributed by atoms with Crippen LogP contribution < -0.4 is 10.1 Å². The third-order valence-electron chi connectivity index (χ3n) is 4.95. The standard InChI is InChI=1S/C21H22ClF3N2O5/c1-20(2)8-14(13-5-4-12(7-15(13)22)31-21(23,24)25)18(32-20)19(30)27-11-3-6-16(26-9-11)17(29)10-28/h3-7,9,14,17-18,28-29H,8,10H2,1-2H3,(H,27,30)/t14-,17-,18+/m0/s1. The van der Waals surface area contributed by atoms with Gasteiger partial charge < -0.3 is 25.0 Å². The Morgan fingerprint density at radius 1 is 1.38 bits per heavy atom. The first kappa shape index (κ1) is 24.2. The average Bonchev–Trinajstić information content (AvgIpc) is 3.02. The number of alkyl halides is 3. The van der Waals surface area contributed by atoms with E-state index in [0.29, 0.717) is 17.7 Å². The molecule has 32 heavy (non-hydrogen) atoms. The fraction of sp³-hybridized carbons (Fsp3) is 0.429. The summed E-state index contributed by atoms with van der Waals surface area (Å²) >= 11 is 6.23. The highest BCUT2D eigenvalue weighted by Crippen LogP contribution is 2.44. The van der Waals surface area contributed by atoms with E-state index in [1.54, 1.807) is 13.8 Å². The predicted molar refractivity (Wildman–Crippen MR) is 109 cm³/mol. The maximum absolute atomic E-state index is 13.0. The smallest absolute Gasteiger partial charge is 0.406 e. The predicted octanol–water partition coefficient (Wildman–Crippen LogP) is 3.95. The molecule has 7 nitrogen and oxygen atoms in total. The molecule has 1 fully saturated rings. The van der Waals surface area contributed by atoms with Crippen LogP contribution in [0, 0.1) is 0 Å². The molecule has 0 saturated carbocycles. The van der Waals surface area contributed by atoms with Crippen LogP contribution in [-0.4, -0.2) is 45.8 Å². The van der Waals surface area contributed by atoms with Crippen LogP contribution in [0.15, 0.2) is 36.5 Å². The van der Waals surface area contributed by atoms with Gasteiger partial charge in [0.1, 0.15) is 18.0 Å². The minimum Gasteiger partial charge on any atom is -0.406 e. The number of rotatable bonds is 6. The van der Waals surface area contributed by atoms with Crippen molar-refractivity contribution in [1.82, 2.24) is 4.98 Å². The SMILES string of the molecule is CC1(C)C[C@@H](c2ccc(OC(F)(F)F)cc2Cl)[C@H](C(=O)Nc2ccc([C@@H](O)CO)nc2)O1. The monoisotopic (exact) mass is 474 g/mol. The van der Waals surface area contributed by atoms with Crippen molar-refractivity contribution in [2.45, 2.75) is 50.4 Å². The van der Waals surface area contributed by atoms with E-state index in [2.05, 4.69) is 15.0 Å². The van der Waals surface area contributed by atoms with Crippen molar-refractivity contribution in [3.05, 3.63) is 52.8 Å². The molecular formula is C21H22ClF3N2O5. The first-order valence-corrected chi connectivity index (χ1v) is 10.0.